The minimum atomic E-state index is 0.131. The molecule has 0 fully saturated rings. The van der Waals surface area contributed by atoms with Gasteiger partial charge in [-0.3, -0.25) is 0 Å². The van der Waals surface area contributed by atoms with E-state index in [0.29, 0.717) is 21.3 Å². The van der Waals surface area contributed by atoms with Crippen molar-refractivity contribution in [3.05, 3.63) is 94.4 Å². The van der Waals surface area contributed by atoms with Crippen LogP contribution in [0.1, 0.15) is 31.1 Å². The number of nitrogens with zero attached hydrogens (tertiary/aromatic N) is 1. The second-order valence-electron chi connectivity index (χ2n) is 8.11. The van der Waals surface area contributed by atoms with E-state index < -0.39 is 0 Å². The van der Waals surface area contributed by atoms with E-state index in [-0.39, 0.29) is 12.5 Å². The number of fused-ring (bicyclic) bond motifs is 1. The molecule has 0 N–H and O–H groups in total. The van der Waals surface area contributed by atoms with Gasteiger partial charge in [0.1, 0.15) is 29.4 Å². The molecule has 2 aromatic heterocycles. The summed E-state index contributed by atoms with van der Waals surface area (Å²) in [4.78, 5) is 0. The van der Waals surface area contributed by atoms with Gasteiger partial charge in [-0.15, -0.1) is 0 Å². The van der Waals surface area contributed by atoms with Gasteiger partial charge in [0.05, 0.1) is 21.9 Å². The molecule has 5 aromatic rings. The van der Waals surface area contributed by atoms with Crippen molar-refractivity contribution in [2.24, 2.45) is 0 Å². The van der Waals surface area contributed by atoms with Gasteiger partial charge >= 0.3 is 0 Å². The third kappa shape index (κ3) is 4.24. The second-order valence-corrected chi connectivity index (χ2v) is 8.93. The van der Waals surface area contributed by atoms with E-state index in [9.17, 15) is 0 Å². The van der Waals surface area contributed by atoms with Crippen LogP contribution in [-0.4, -0.2) is 5.16 Å². The summed E-state index contributed by atoms with van der Waals surface area (Å²) in [6.45, 7) is 4.38. The zero-order valence-electron chi connectivity index (χ0n) is 18.1. The number of hydrogen-bond donors (Lipinski definition) is 0. The molecule has 0 unspecified atom stereocenters. The van der Waals surface area contributed by atoms with Crippen LogP contribution >= 0.6 is 23.2 Å². The first kappa shape index (κ1) is 21.6. The molecule has 0 spiro atoms. The fourth-order valence-corrected chi connectivity index (χ4v) is 4.46. The minimum absolute atomic E-state index is 0.131. The minimum Gasteiger partial charge on any atom is -0.489 e. The van der Waals surface area contributed by atoms with Gasteiger partial charge in [-0.25, -0.2) is 0 Å². The van der Waals surface area contributed by atoms with Gasteiger partial charge in [0.25, 0.3) is 0 Å². The molecule has 0 atom stereocenters. The largest absolute Gasteiger partial charge is 0.489 e. The maximum Gasteiger partial charge on any atom is 0.146 e. The SMILES string of the molecule is CC(C)c1onc(-c2c(Cl)cccc2Cl)c1COc1ccc(-c2ccc3occc3c2)cc1. The molecule has 166 valence electrons. The molecule has 0 bridgehead atoms. The van der Waals surface area contributed by atoms with E-state index in [1.807, 2.05) is 56.3 Å². The number of rotatable bonds is 6. The Bertz CT molecular complexity index is 1400. The van der Waals surface area contributed by atoms with Gasteiger partial charge in [0, 0.05) is 16.9 Å². The van der Waals surface area contributed by atoms with Crippen LogP contribution in [-0.2, 0) is 6.61 Å². The first-order valence-electron chi connectivity index (χ1n) is 10.6. The van der Waals surface area contributed by atoms with Crippen LogP contribution in [0, 0.1) is 0 Å². The average molecular weight is 478 g/mol. The van der Waals surface area contributed by atoms with Crippen molar-refractivity contribution in [1.82, 2.24) is 5.16 Å². The van der Waals surface area contributed by atoms with Gasteiger partial charge in [-0.2, -0.15) is 0 Å². The zero-order valence-corrected chi connectivity index (χ0v) is 19.7. The molecule has 3 aromatic carbocycles. The number of aromatic nitrogens is 1. The summed E-state index contributed by atoms with van der Waals surface area (Å²) in [7, 11) is 0. The van der Waals surface area contributed by atoms with Gasteiger partial charge in [-0.05, 0) is 53.6 Å². The van der Waals surface area contributed by atoms with Crippen LogP contribution in [0.15, 0.2) is 81.9 Å². The Balaban J connectivity index is 1.40. The number of halogens is 2. The first-order chi connectivity index (χ1) is 16.0. The fourth-order valence-electron chi connectivity index (χ4n) is 3.88. The standard InChI is InChI=1S/C27H21Cl2NO3/c1-16(2)27-21(26(30-33-27)25-22(28)4-3-5-23(25)29)15-32-20-9-6-17(7-10-20)18-8-11-24-19(14-18)12-13-31-24/h3-14,16H,15H2,1-2H3. The highest BCUT2D eigenvalue weighted by Crippen LogP contribution is 2.39. The van der Waals surface area contributed by atoms with E-state index in [2.05, 4.69) is 11.2 Å². The fraction of sp³-hybridized carbons (Fsp3) is 0.148. The van der Waals surface area contributed by atoms with Crippen LogP contribution in [0.2, 0.25) is 10.0 Å². The summed E-state index contributed by atoms with van der Waals surface area (Å²) in [6.07, 6.45) is 1.70. The van der Waals surface area contributed by atoms with E-state index in [4.69, 9.17) is 36.9 Å². The molecule has 0 saturated carbocycles. The Hall–Kier alpha value is -3.21. The number of hydrogen-bond acceptors (Lipinski definition) is 4. The summed E-state index contributed by atoms with van der Waals surface area (Å²) in [6, 6.07) is 21.5. The Labute approximate surface area is 201 Å². The molecule has 0 aliphatic heterocycles. The van der Waals surface area contributed by atoms with E-state index in [1.165, 1.54) is 0 Å². The van der Waals surface area contributed by atoms with Crippen LogP contribution in [0.4, 0.5) is 0 Å². The molecule has 0 saturated heterocycles. The van der Waals surface area contributed by atoms with Gasteiger partial charge < -0.3 is 13.7 Å². The molecule has 0 radical (unpaired) electrons. The normalized spacial score (nSPS) is 11.4. The van der Waals surface area contributed by atoms with Crippen molar-refractivity contribution in [2.75, 3.05) is 0 Å². The van der Waals surface area contributed by atoms with Gasteiger partial charge in [0.15, 0.2) is 0 Å². The van der Waals surface area contributed by atoms with E-state index in [1.54, 1.807) is 24.5 Å². The topological polar surface area (TPSA) is 48.4 Å². The molecule has 0 amide bonds. The summed E-state index contributed by atoms with van der Waals surface area (Å²) in [5, 5.41) is 6.40. The quantitative estimate of drug-likeness (QED) is 0.245. The van der Waals surface area contributed by atoms with Crippen LogP contribution in [0.25, 0.3) is 33.4 Å². The molecule has 5 rings (SSSR count). The molecule has 0 aliphatic carbocycles. The smallest absolute Gasteiger partial charge is 0.146 e. The molecular formula is C27H21Cl2NO3. The average Bonchev–Trinajstić information content (AvgIpc) is 3.44. The Morgan fingerprint density at radius 1 is 0.909 bits per heavy atom. The van der Waals surface area contributed by atoms with Crippen molar-refractivity contribution in [2.45, 2.75) is 26.4 Å². The highest BCUT2D eigenvalue weighted by Gasteiger charge is 2.23. The van der Waals surface area contributed by atoms with Crippen molar-refractivity contribution in [1.29, 1.82) is 0 Å². The third-order valence-corrected chi connectivity index (χ3v) is 6.20. The van der Waals surface area contributed by atoms with E-state index >= 15 is 0 Å². The van der Waals surface area contributed by atoms with Crippen molar-refractivity contribution in [3.63, 3.8) is 0 Å². The van der Waals surface area contributed by atoms with Gasteiger partial charge in [-0.1, -0.05) is 66.5 Å². The van der Waals surface area contributed by atoms with Crippen LogP contribution in [0.3, 0.4) is 0 Å². The lowest BCUT2D eigenvalue weighted by atomic mass is 10.0. The number of ether oxygens (including phenoxy) is 1. The summed E-state index contributed by atoms with van der Waals surface area (Å²) < 4.78 is 17.2. The summed E-state index contributed by atoms with van der Waals surface area (Å²) in [5.41, 5.74) is 5.20. The lowest BCUT2D eigenvalue weighted by molar-refractivity contribution is 0.298. The highest BCUT2D eigenvalue weighted by molar-refractivity contribution is 6.39. The molecule has 2 heterocycles. The molecule has 0 aliphatic rings. The first-order valence-corrected chi connectivity index (χ1v) is 11.4. The molecule has 33 heavy (non-hydrogen) atoms. The molecule has 4 nitrogen and oxygen atoms in total. The lowest BCUT2D eigenvalue weighted by Gasteiger charge is -2.11. The Kier molecular flexibility index (Phi) is 5.88. The van der Waals surface area contributed by atoms with Crippen molar-refractivity contribution >= 4 is 34.2 Å². The van der Waals surface area contributed by atoms with Gasteiger partial charge in [0.2, 0.25) is 0 Å². The zero-order chi connectivity index (χ0) is 22.9. The number of benzene rings is 3. The molecular weight excluding hydrogens is 457 g/mol. The Morgan fingerprint density at radius 3 is 2.36 bits per heavy atom. The highest BCUT2D eigenvalue weighted by atomic mass is 35.5. The second kappa shape index (κ2) is 8.97. The van der Waals surface area contributed by atoms with Crippen LogP contribution in [0.5, 0.6) is 5.75 Å². The predicted molar refractivity (Wildman–Crippen MR) is 132 cm³/mol. The lowest BCUT2D eigenvalue weighted by Crippen LogP contribution is -2.01. The predicted octanol–water partition coefficient (Wildman–Crippen LogP) is 8.76. The summed E-state index contributed by atoms with van der Waals surface area (Å²) in [5.74, 6) is 1.63. The maximum absolute atomic E-state index is 6.43. The summed E-state index contributed by atoms with van der Waals surface area (Å²) >= 11 is 12.9. The third-order valence-electron chi connectivity index (χ3n) is 5.57. The number of furan rings is 1. The monoisotopic (exact) mass is 477 g/mol. The van der Waals surface area contributed by atoms with Crippen molar-refractivity contribution < 1.29 is 13.7 Å². The van der Waals surface area contributed by atoms with Crippen LogP contribution < -0.4 is 4.74 Å². The van der Waals surface area contributed by atoms with Crippen molar-refractivity contribution in [3.8, 4) is 28.1 Å². The van der Waals surface area contributed by atoms with E-state index in [0.717, 1.165) is 39.2 Å². The maximum atomic E-state index is 6.43. The molecule has 6 heteroatoms. The Morgan fingerprint density at radius 2 is 1.64 bits per heavy atom.